The van der Waals surface area contributed by atoms with Crippen LogP contribution in [0.4, 0.5) is 0 Å². The van der Waals surface area contributed by atoms with E-state index in [0.717, 1.165) is 89.9 Å². The van der Waals surface area contributed by atoms with E-state index in [2.05, 4.69) is 69.4 Å². The maximum absolute atomic E-state index is 12.8. The average Bonchev–Trinajstić information content (AvgIpc) is 3.33. The fourth-order valence-corrected chi connectivity index (χ4v) is 6.20. The van der Waals surface area contributed by atoms with Gasteiger partial charge in [-0.25, -0.2) is 0 Å². The van der Waals surface area contributed by atoms with Crippen molar-refractivity contribution in [1.29, 1.82) is 0 Å². The van der Waals surface area contributed by atoms with Gasteiger partial charge in [0.05, 0.1) is 0 Å². The van der Waals surface area contributed by atoms with Gasteiger partial charge < -0.3 is 14.2 Å². The van der Waals surface area contributed by atoms with Crippen molar-refractivity contribution in [3.8, 4) is 0 Å². The number of hydrogen-bond acceptors (Lipinski definition) is 6. The summed E-state index contributed by atoms with van der Waals surface area (Å²) in [6, 6.07) is 0. The average molecular weight is 919 g/mol. The molecule has 0 bridgehead atoms. The third-order valence-electron chi connectivity index (χ3n) is 10.0. The van der Waals surface area contributed by atoms with Gasteiger partial charge >= 0.3 is 17.9 Å². The number of rotatable bonds is 43. The van der Waals surface area contributed by atoms with Crippen LogP contribution in [-0.2, 0) is 28.6 Å². The number of allylic oxidation sites excluding steroid dienone is 28. The molecule has 67 heavy (non-hydrogen) atoms. The molecule has 0 saturated carbocycles. The Kier molecular flexibility index (Phi) is 49.2. The minimum atomic E-state index is -0.834. The Bertz CT molecular complexity index is 1620. The second-order valence-electron chi connectivity index (χ2n) is 16.3. The molecule has 0 heterocycles. The molecule has 0 saturated heterocycles. The van der Waals surface area contributed by atoms with E-state index < -0.39 is 6.10 Å². The number of ether oxygens (including phenoxy) is 3. The molecule has 0 aromatic heterocycles. The van der Waals surface area contributed by atoms with E-state index in [0.29, 0.717) is 19.3 Å². The highest BCUT2D eigenvalue weighted by Crippen LogP contribution is 2.12. The molecule has 0 radical (unpaired) electrons. The maximum atomic E-state index is 12.8. The fraction of sp³-hybridized carbons (Fsp3) is 0.492. The van der Waals surface area contributed by atoms with Crippen LogP contribution < -0.4 is 0 Å². The highest BCUT2D eigenvalue weighted by molar-refractivity contribution is 5.71. The number of carbonyl (C=O) groups is 3. The van der Waals surface area contributed by atoms with Gasteiger partial charge in [-0.3, -0.25) is 14.4 Å². The molecule has 0 amide bonds. The molecule has 6 heteroatoms. The maximum Gasteiger partial charge on any atom is 0.306 e. The normalized spacial score (nSPS) is 13.5. The van der Waals surface area contributed by atoms with E-state index in [1.165, 1.54) is 32.1 Å². The summed E-state index contributed by atoms with van der Waals surface area (Å²) in [7, 11) is 0. The summed E-state index contributed by atoms with van der Waals surface area (Å²) in [5.41, 5.74) is 0. The summed E-state index contributed by atoms with van der Waals surface area (Å²) in [4.78, 5) is 38.0. The van der Waals surface area contributed by atoms with E-state index >= 15 is 0 Å². The van der Waals surface area contributed by atoms with Crippen molar-refractivity contribution >= 4 is 17.9 Å². The highest BCUT2D eigenvalue weighted by Gasteiger charge is 2.19. The summed E-state index contributed by atoms with van der Waals surface area (Å²) in [5, 5.41) is 0. The quantitative estimate of drug-likeness (QED) is 0.0262. The first kappa shape index (κ1) is 61.8. The van der Waals surface area contributed by atoms with Crippen LogP contribution in [0.3, 0.4) is 0 Å². The molecule has 0 aliphatic heterocycles. The summed E-state index contributed by atoms with van der Waals surface area (Å²) in [5.74, 6) is -1.04. The Morgan fingerprint density at radius 2 is 0.582 bits per heavy atom. The molecule has 0 N–H and O–H groups in total. The molecular formula is C61H90O6. The molecule has 0 rings (SSSR count). The van der Waals surface area contributed by atoms with E-state index in [1.54, 1.807) is 0 Å². The Labute approximate surface area is 409 Å². The predicted molar refractivity (Wildman–Crippen MR) is 288 cm³/mol. The van der Waals surface area contributed by atoms with Crippen LogP contribution in [0.25, 0.3) is 0 Å². The molecule has 0 aliphatic carbocycles. The van der Waals surface area contributed by atoms with Crippen LogP contribution in [-0.4, -0.2) is 37.2 Å². The SMILES string of the molecule is CC\C=C/C=C\C=C/C=C\C=C/CCCCCC(=O)OC(COC(=O)CCCCC\C=C/C=C\C=C\C=C/C=C\C=C/C=C\CC)COC(=O)CCCCCCCC/C=C\C=C/CCCCC. The lowest BCUT2D eigenvalue weighted by Crippen LogP contribution is -2.30. The van der Waals surface area contributed by atoms with Crippen molar-refractivity contribution < 1.29 is 28.6 Å². The van der Waals surface area contributed by atoms with Crippen LogP contribution in [0, 0.1) is 0 Å². The first-order valence-corrected chi connectivity index (χ1v) is 25.8. The standard InChI is InChI=1S/C61H90O6/c1-4-7-10-13-16-19-22-25-28-29-30-31-34-36-39-42-45-48-51-54-60(63)66-57-58(67-61(64)55-52-49-46-43-40-37-33-27-24-21-18-15-12-9-6-3)56-65-59(62)53-50-47-44-41-38-35-32-26-23-20-17-14-11-8-5-2/h7,9-10,12-13,15-31,33-34,36-37,39-40,58H,4-6,8,11,14,32,35,38,41-57H2,1-3H3/b10-7-,12-9-,16-13-,18-15-,20-17-,22-19-,24-21-,26-23-,28-25-,30-29+,33-27-,34-31-,39-36-,40-37-. The van der Waals surface area contributed by atoms with Crippen LogP contribution in [0.15, 0.2) is 170 Å². The second-order valence-corrected chi connectivity index (χ2v) is 16.3. The van der Waals surface area contributed by atoms with Gasteiger partial charge in [-0.05, 0) is 83.5 Å². The molecule has 6 nitrogen and oxygen atoms in total. The molecule has 370 valence electrons. The van der Waals surface area contributed by atoms with Crippen molar-refractivity contribution in [3.05, 3.63) is 170 Å². The Morgan fingerprint density at radius 1 is 0.313 bits per heavy atom. The zero-order valence-electron chi connectivity index (χ0n) is 42.1. The Hall–Kier alpha value is -5.23. The topological polar surface area (TPSA) is 78.9 Å². The van der Waals surface area contributed by atoms with Crippen molar-refractivity contribution in [1.82, 2.24) is 0 Å². The Balaban J connectivity index is 4.63. The number of esters is 3. The van der Waals surface area contributed by atoms with Gasteiger partial charge in [0.25, 0.3) is 0 Å². The van der Waals surface area contributed by atoms with Crippen LogP contribution in [0.2, 0.25) is 0 Å². The zero-order chi connectivity index (χ0) is 48.6. The minimum absolute atomic E-state index is 0.126. The lowest BCUT2D eigenvalue weighted by Gasteiger charge is -2.18. The molecule has 0 fully saturated rings. The van der Waals surface area contributed by atoms with Crippen molar-refractivity contribution in [2.75, 3.05) is 13.2 Å². The van der Waals surface area contributed by atoms with Crippen molar-refractivity contribution in [3.63, 3.8) is 0 Å². The van der Waals surface area contributed by atoms with Crippen LogP contribution >= 0.6 is 0 Å². The van der Waals surface area contributed by atoms with E-state index in [9.17, 15) is 14.4 Å². The third kappa shape index (κ3) is 51.6. The number of hydrogen-bond donors (Lipinski definition) is 0. The van der Waals surface area contributed by atoms with Gasteiger partial charge in [-0.1, -0.05) is 242 Å². The summed E-state index contributed by atoms with van der Waals surface area (Å²) < 4.78 is 16.7. The third-order valence-corrected chi connectivity index (χ3v) is 10.0. The largest absolute Gasteiger partial charge is 0.462 e. The predicted octanol–water partition coefficient (Wildman–Crippen LogP) is 17.2. The van der Waals surface area contributed by atoms with Gasteiger partial charge in [0.1, 0.15) is 13.2 Å². The summed E-state index contributed by atoms with van der Waals surface area (Å²) >= 11 is 0. The van der Waals surface area contributed by atoms with E-state index in [-0.39, 0.29) is 44.0 Å². The lowest BCUT2D eigenvalue weighted by molar-refractivity contribution is -0.167. The molecular weight excluding hydrogens is 829 g/mol. The van der Waals surface area contributed by atoms with Gasteiger partial charge in [0, 0.05) is 19.3 Å². The fourth-order valence-electron chi connectivity index (χ4n) is 6.20. The van der Waals surface area contributed by atoms with Crippen LogP contribution in [0.1, 0.15) is 175 Å². The molecule has 1 atom stereocenters. The first-order chi connectivity index (χ1) is 33.0. The number of carbonyl (C=O) groups excluding carboxylic acids is 3. The van der Waals surface area contributed by atoms with E-state index in [4.69, 9.17) is 14.2 Å². The molecule has 0 aromatic carbocycles. The van der Waals surface area contributed by atoms with Crippen LogP contribution in [0.5, 0.6) is 0 Å². The van der Waals surface area contributed by atoms with Crippen molar-refractivity contribution in [2.45, 2.75) is 181 Å². The van der Waals surface area contributed by atoms with E-state index in [1.807, 2.05) is 122 Å². The summed E-state index contributed by atoms with van der Waals surface area (Å²) in [6.45, 7) is 6.20. The number of unbranched alkanes of at least 4 members (excludes halogenated alkanes) is 15. The molecule has 0 spiro atoms. The molecule has 1 unspecified atom stereocenters. The monoisotopic (exact) mass is 919 g/mol. The highest BCUT2D eigenvalue weighted by atomic mass is 16.6. The minimum Gasteiger partial charge on any atom is -0.462 e. The first-order valence-electron chi connectivity index (χ1n) is 25.8. The van der Waals surface area contributed by atoms with Gasteiger partial charge in [-0.2, -0.15) is 0 Å². The second kappa shape index (κ2) is 53.4. The molecule has 0 aliphatic rings. The lowest BCUT2D eigenvalue weighted by atomic mass is 10.1. The Morgan fingerprint density at radius 3 is 0.940 bits per heavy atom. The molecule has 0 aromatic rings. The van der Waals surface area contributed by atoms with Gasteiger partial charge in [-0.15, -0.1) is 0 Å². The van der Waals surface area contributed by atoms with Crippen molar-refractivity contribution in [2.24, 2.45) is 0 Å². The van der Waals surface area contributed by atoms with Gasteiger partial charge in [0.15, 0.2) is 6.10 Å². The van der Waals surface area contributed by atoms with Gasteiger partial charge in [0.2, 0.25) is 0 Å². The smallest absolute Gasteiger partial charge is 0.306 e. The zero-order valence-corrected chi connectivity index (χ0v) is 42.1. The summed E-state index contributed by atoms with van der Waals surface area (Å²) in [6.07, 6.45) is 78.9.